The van der Waals surface area contributed by atoms with E-state index in [4.69, 9.17) is 0 Å². The average Bonchev–Trinajstić information content (AvgIpc) is 2.45. The molecule has 1 aromatic rings. The molecule has 21 heavy (non-hydrogen) atoms. The summed E-state index contributed by atoms with van der Waals surface area (Å²) in [5.41, 5.74) is 3.11. The zero-order chi connectivity index (χ0) is 15.4. The first-order chi connectivity index (χ1) is 9.97. The highest BCUT2D eigenvalue weighted by Gasteiger charge is 2.22. The Balaban J connectivity index is 1.86. The van der Waals surface area contributed by atoms with Gasteiger partial charge in [-0.3, -0.25) is 4.79 Å². The van der Waals surface area contributed by atoms with E-state index >= 15 is 0 Å². The van der Waals surface area contributed by atoms with Crippen LogP contribution in [-0.4, -0.2) is 27.7 Å². The summed E-state index contributed by atoms with van der Waals surface area (Å²) < 4.78 is 0. The van der Waals surface area contributed by atoms with Crippen LogP contribution in [0.15, 0.2) is 5.16 Å². The predicted octanol–water partition coefficient (Wildman–Crippen LogP) is 3.19. The number of rotatable bonds is 4. The molecule has 1 aromatic heterocycles. The Kier molecular flexibility index (Phi) is 5.62. The molecular formula is C16H25N3OS. The lowest BCUT2D eigenvalue weighted by atomic mass is 9.86. The fourth-order valence-corrected chi connectivity index (χ4v) is 3.46. The van der Waals surface area contributed by atoms with Crippen LogP contribution in [0, 0.1) is 26.7 Å². The Morgan fingerprint density at radius 2 is 1.81 bits per heavy atom. The van der Waals surface area contributed by atoms with Crippen molar-refractivity contribution in [1.29, 1.82) is 0 Å². The molecule has 1 N–H and O–H groups in total. The van der Waals surface area contributed by atoms with Crippen molar-refractivity contribution < 1.29 is 4.79 Å². The number of amides is 1. The molecule has 0 saturated heterocycles. The van der Waals surface area contributed by atoms with Gasteiger partial charge < -0.3 is 5.32 Å². The van der Waals surface area contributed by atoms with Gasteiger partial charge >= 0.3 is 0 Å². The number of hydrogen-bond acceptors (Lipinski definition) is 4. The van der Waals surface area contributed by atoms with Gasteiger partial charge in [0.1, 0.15) is 0 Å². The van der Waals surface area contributed by atoms with Crippen LogP contribution in [0.3, 0.4) is 0 Å². The Morgan fingerprint density at radius 3 is 2.43 bits per heavy atom. The van der Waals surface area contributed by atoms with Crippen molar-refractivity contribution in [3.8, 4) is 0 Å². The van der Waals surface area contributed by atoms with Crippen LogP contribution in [0.4, 0.5) is 0 Å². The lowest BCUT2D eigenvalue weighted by Gasteiger charge is -2.29. The van der Waals surface area contributed by atoms with E-state index in [9.17, 15) is 4.79 Å². The number of aromatic nitrogens is 2. The minimum Gasteiger partial charge on any atom is -0.352 e. The molecule has 0 unspecified atom stereocenters. The van der Waals surface area contributed by atoms with Crippen LogP contribution in [0.5, 0.6) is 0 Å². The van der Waals surface area contributed by atoms with Gasteiger partial charge in [-0.1, -0.05) is 31.5 Å². The monoisotopic (exact) mass is 307 g/mol. The zero-order valence-electron chi connectivity index (χ0n) is 13.4. The molecule has 1 aliphatic rings. The first-order valence-corrected chi connectivity index (χ1v) is 8.70. The lowest BCUT2D eigenvalue weighted by Crippen LogP contribution is -2.41. The lowest BCUT2D eigenvalue weighted by molar-refractivity contribution is -0.119. The van der Waals surface area contributed by atoms with E-state index in [1.807, 2.05) is 20.8 Å². The van der Waals surface area contributed by atoms with Crippen molar-refractivity contribution in [2.75, 3.05) is 5.75 Å². The van der Waals surface area contributed by atoms with Crippen LogP contribution in [0.25, 0.3) is 0 Å². The maximum absolute atomic E-state index is 12.1. The third-order valence-corrected chi connectivity index (χ3v) is 5.25. The maximum Gasteiger partial charge on any atom is 0.230 e. The number of carbonyl (C=O) groups excluding carboxylic acids is 1. The van der Waals surface area contributed by atoms with Gasteiger partial charge in [-0.2, -0.15) is 0 Å². The van der Waals surface area contributed by atoms with Crippen LogP contribution >= 0.6 is 11.8 Å². The van der Waals surface area contributed by atoms with Crippen LogP contribution < -0.4 is 5.32 Å². The van der Waals surface area contributed by atoms with E-state index < -0.39 is 0 Å². The van der Waals surface area contributed by atoms with Gasteiger partial charge in [0, 0.05) is 17.4 Å². The molecule has 1 heterocycles. The van der Waals surface area contributed by atoms with E-state index in [-0.39, 0.29) is 5.91 Å². The fourth-order valence-electron chi connectivity index (χ4n) is 2.72. The summed E-state index contributed by atoms with van der Waals surface area (Å²) in [5.74, 6) is 1.08. The molecule has 0 aromatic carbocycles. The van der Waals surface area contributed by atoms with Gasteiger partial charge in [0.25, 0.3) is 0 Å². The Bertz CT molecular complexity index is 495. The summed E-state index contributed by atoms with van der Waals surface area (Å²) in [6.45, 7) is 8.22. The highest BCUT2D eigenvalue weighted by molar-refractivity contribution is 7.99. The van der Waals surface area contributed by atoms with Crippen LogP contribution in [0.2, 0.25) is 0 Å². The Morgan fingerprint density at radius 1 is 1.19 bits per heavy atom. The van der Waals surface area contributed by atoms with E-state index in [1.54, 1.807) is 0 Å². The molecule has 1 saturated carbocycles. The average molecular weight is 307 g/mol. The molecular weight excluding hydrogens is 282 g/mol. The number of nitrogens with zero attached hydrogens (tertiary/aromatic N) is 2. The molecule has 0 bridgehead atoms. The summed E-state index contributed by atoms with van der Waals surface area (Å²) in [6, 6.07) is 0.342. The minimum absolute atomic E-state index is 0.0956. The molecule has 2 atom stereocenters. The summed E-state index contributed by atoms with van der Waals surface area (Å²) in [4.78, 5) is 21.0. The third-order valence-electron chi connectivity index (χ3n) is 4.40. The third kappa shape index (κ3) is 4.43. The number of hydrogen-bond donors (Lipinski definition) is 1. The molecule has 1 aliphatic carbocycles. The molecule has 4 nitrogen and oxygen atoms in total. The standard InChI is InChI=1S/C16H25N3OS/c1-10-7-5-6-8-14(10)19-15(20)9-21-16-17-12(3)11(2)13(4)18-16/h10,14H,5-9H2,1-4H3,(H,19,20)/t10-,14-/m1/s1. The first-order valence-electron chi connectivity index (χ1n) is 7.71. The highest BCUT2D eigenvalue weighted by atomic mass is 32.2. The van der Waals surface area contributed by atoms with Crippen molar-refractivity contribution in [1.82, 2.24) is 15.3 Å². The number of carbonyl (C=O) groups is 1. The molecule has 2 rings (SSSR count). The molecule has 0 aliphatic heterocycles. The normalized spacial score (nSPS) is 22.1. The van der Waals surface area contributed by atoms with E-state index in [2.05, 4.69) is 22.2 Å². The SMILES string of the molecule is Cc1nc(SCC(=O)N[C@@H]2CCCC[C@H]2C)nc(C)c1C. The predicted molar refractivity (Wildman–Crippen MR) is 86.5 cm³/mol. The van der Waals surface area contributed by atoms with Crippen molar-refractivity contribution in [3.63, 3.8) is 0 Å². The minimum atomic E-state index is 0.0956. The van der Waals surface area contributed by atoms with Gasteiger partial charge in [0.2, 0.25) is 5.91 Å². The van der Waals surface area contributed by atoms with Crippen molar-refractivity contribution in [3.05, 3.63) is 17.0 Å². The first kappa shape index (κ1) is 16.3. The highest BCUT2D eigenvalue weighted by Crippen LogP contribution is 2.24. The van der Waals surface area contributed by atoms with Crippen molar-refractivity contribution in [2.45, 2.75) is 64.6 Å². The summed E-state index contributed by atoms with van der Waals surface area (Å²) in [6.07, 6.45) is 4.84. The quantitative estimate of drug-likeness (QED) is 0.685. The van der Waals surface area contributed by atoms with E-state index in [0.717, 1.165) is 23.4 Å². The second-order valence-corrected chi connectivity index (χ2v) is 6.97. The van der Waals surface area contributed by atoms with Gasteiger partial charge in [-0.15, -0.1) is 0 Å². The Hall–Kier alpha value is -1.10. The van der Waals surface area contributed by atoms with E-state index in [0.29, 0.717) is 22.9 Å². The number of nitrogens with one attached hydrogen (secondary N) is 1. The van der Waals surface area contributed by atoms with Crippen LogP contribution in [-0.2, 0) is 4.79 Å². The van der Waals surface area contributed by atoms with Crippen molar-refractivity contribution >= 4 is 17.7 Å². The van der Waals surface area contributed by atoms with Crippen LogP contribution in [0.1, 0.15) is 49.6 Å². The second kappa shape index (κ2) is 7.25. The Labute approximate surface area is 131 Å². The number of aryl methyl sites for hydroxylation is 2. The van der Waals surface area contributed by atoms with Gasteiger partial charge in [0.05, 0.1) is 5.75 Å². The maximum atomic E-state index is 12.1. The number of thioether (sulfide) groups is 1. The largest absolute Gasteiger partial charge is 0.352 e. The summed E-state index contributed by atoms with van der Waals surface area (Å²) >= 11 is 1.42. The fraction of sp³-hybridized carbons (Fsp3) is 0.688. The molecule has 1 amide bonds. The molecule has 0 radical (unpaired) electrons. The van der Waals surface area contributed by atoms with E-state index in [1.165, 1.54) is 31.0 Å². The molecule has 5 heteroatoms. The van der Waals surface area contributed by atoms with Gasteiger partial charge in [-0.05, 0) is 45.1 Å². The molecule has 0 spiro atoms. The molecule has 1 fully saturated rings. The second-order valence-electron chi connectivity index (χ2n) is 6.03. The topological polar surface area (TPSA) is 54.9 Å². The summed E-state index contributed by atoms with van der Waals surface area (Å²) in [5, 5.41) is 3.86. The summed E-state index contributed by atoms with van der Waals surface area (Å²) in [7, 11) is 0. The smallest absolute Gasteiger partial charge is 0.230 e. The molecule has 116 valence electrons. The van der Waals surface area contributed by atoms with Gasteiger partial charge in [-0.25, -0.2) is 9.97 Å². The van der Waals surface area contributed by atoms with Crippen molar-refractivity contribution in [2.24, 2.45) is 5.92 Å². The van der Waals surface area contributed by atoms with Gasteiger partial charge in [0.15, 0.2) is 5.16 Å². The zero-order valence-corrected chi connectivity index (χ0v) is 14.2.